The first-order valence-corrected chi connectivity index (χ1v) is 7.26. The molecule has 3 rings (SSSR count). The zero-order valence-corrected chi connectivity index (χ0v) is 12.5. The summed E-state index contributed by atoms with van der Waals surface area (Å²) in [5.41, 5.74) is 0.881. The molecule has 1 aliphatic rings. The lowest BCUT2D eigenvalue weighted by molar-refractivity contribution is 0.171. The minimum atomic E-state index is -0.408. The van der Waals surface area contributed by atoms with Crippen LogP contribution in [0.25, 0.3) is 0 Å². The topological polar surface area (TPSA) is 41.3 Å². The Labute approximate surface area is 127 Å². The minimum absolute atomic E-state index is 0.00817. The number of aliphatic hydroxyl groups excluding tert-OH is 1. The lowest BCUT2D eigenvalue weighted by Crippen LogP contribution is -2.26. The number of nitrogens with zero attached hydrogens (tertiary/aromatic N) is 3. The average molecular weight is 310 g/mol. The Morgan fingerprint density at radius 3 is 2.95 bits per heavy atom. The maximum Gasteiger partial charge on any atom is 0.128 e. The molecule has 1 aliphatic heterocycles. The Kier molecular flexibility index (Phi) is 3.97. The smallest absolute Gasteiger partial charge is 0.128 e. The number of β-amino-alcohol motifs (C(OH)–C–C–N with tert-alkyl or cyclic N) is 1. The molecule has 6 heteroatoms. The molecule has 0 saturated carbocycles. The van der Waals surface area contributed by atoms with Crippen molar-refractivity contribution in [1.29, 1.82) is 0 Å². The molecule has 21 heavy (non-hydrogen) atoms. The SMILES string of the molecule is Cn1c(Cl)cnc1CN1CC(O)CC1c1cccc(F)c1. The summed E-state index contributed by atoms with van der Waals surface area (Å²) in [5, 5.41) is 10.5. The van der Waals surface area contributed by atoms with Gasteiger partial charge in [0.15, 0.2) is 0 Å². The molecule has 1 fully saturated rings. The van der Waals surface area contributed by atoms with Crippen LogP contribution in [0, 0.1) is 5.82 Å². The third-order valence-electron chi connectivity index (χ3n) is 3.99. The van der Waals surface area contributed by atoms with Crippen molar-refractivity contribution in [2.45, 2.75) is 25.1 Å². The number of likely N-dealkylation sites (tertiary alicyclic amines) is 1. The van der Waals surface area contributed by atoms with E-state index in [4.69, 9.17) is 11.6 Å². The van der Waals surface area contributed by atoms with Crippen LogP contribution in [0.15, 0.2) is 30.5 Å². The van der Waals surface area contributed by atoms with E-state index in [2.05, 4.69) is 9.88 Å². The van der Waals surface area contributed by atoms with Gasteiger partial charge in [-0.3, -0.25) is 4.90 Å². The molecule has 2 aromatic rings. The van der Waals surface area contributed by atoms with Gasteiger partial charge in [0.1, 0.15) is 16.8 Å². The second-order valence-corrected chi connectivity index (χ2v) is 5.83. The summed E-state index contributed by atoms with van der Waals surface area (Å²) in [7, 11) is 1.86. The number of aliphatic hydroxyl groups is 1. The van der Waals surface area contributed by atoms with Gasteiger partial charge in [-0.15, -0.1) is 0 Å². The normalized spacial score (nSPS) is 22.9. The molecule has 4 nitrogen and oxygen atoms in total. The lowest BCUT2D eigenvalue weighted by Gasteiger charge is -2.24. The maximum atomic E-state index is 13.4. The van der Waals surface area contributed by atoms with E-state index in [1.165, 1.54) is 12.1 Å². The molecule has 1 aromatic heterocycles. The first kappa shape index (κ1) is 14.5. The first-order chi connectivity index (χ1) is 10.0. The Hall–Kier alpha value is -1.43. The van der Waals surface area contributed by atoms with E-state index in [1.54, 1.807) is 12.3 Å². The Balaban J connectivity index is 1.84. The highest BCUT2D eigenvalue weighted by atomic mass is 35.5. The van der Waals surface area contributed by atoms with Gasteiger partial charge >= 0.3 is 0 Å². The van der Waals surface area contributed by atoms with Crippen LogP contribution in [-0.2, 0) is 13.6 Å². The Bertz CT molecular complexity index is 646. The molecule has 1 N–H and O–H groups in total. The van der Waals surface area contributed by atoms with Crippen molar-refractivity contribution in [1.82, 2.24) is 14.5 Å². The molecule has 1 saturated heterocycles. The molecule has 0 amide bonds. The second kappa shape index (κ2) is 5.75. The standard InChI is InChI=1S/C15H17ClFN3O/c1-19-14(16)7-18-15(19)9-20-8-12(21)6-13(20)10-3-2-4-11(17)5-10/h2-5,7,12-13,21H,6,8-9H2,1H3. The predicted octanol–water partition coefficient (Wildman–Crippen LogP) is 2.52. The van der Waals surface area contributed by atoms with Gasteiger partial charge in [-0.1, -0.05) is 23.7 Å². The summed E-state index contributed by atoms with van der Waals surface area (Å²) in [6.45, 7) is 1.12. The van der Waals surface area contributed by atoms with Gasteiger partial charge in [0.05, 0.1) is 18.8 Å². The fraction of sp³-hybridized carbons (Fsp3) is 0.400. The largest absolute Gasteiger partial charge is 0.392 e. The fourth-order valence-corrected chi connectivity index (χ4v) is 3.01. The van der Waals surface area contributed by atoms with Crippen LogP contribution in [0.4, 0.5) is 4.39 Å². The molecule has 2 heterocycles. The van der Waals surface area contributed by atoms with Crippen molar-refractivity contribution in [3.05, 3.63) is 52.8 Å². The van der Waals surface area contributed by atoms with Crippen molar-refractivity contribution >= 4 is 11.6 Å². The third kappa shape index (κ3) is 2.95. The average Bonchev–Trinajstić information content (AvgIpc) is 2.96. The van der Waals surface area contributed by atoms with E-state index < -0.39 is 6.10 Å². The van der Waals surface area contributed by atoms with Gasteiger partial charge in [-0.05, 0) is 24.1 Å². The lowest BCUT2D eigenvalue weighted by atomic mass is 10.0. The number of hydrogen-bond donors (Lipinski definition) is 1. The van der Waals surface area contributed by atoms with E-state index in [-0.39, 0.29) is 11.9 Å². The van der Waals surface area contributed by atoms with E-state index in [0.29, 0.717) is 24.7 Å². The monoisotopic (exact) mass is 309 g/mol. The maximum absolute atomic E-state index is 13.4. The van der Waals surface area contributed by atoms with Gasteiger partial charge in [0, 0.05) is 19.6 Å². The number of hydrogen-bond acceptors (Lipinski definition) is 3. The van der Waals surface area contributed by atoms with E-state index in [9.17, 15) is 9.50 Å². The molecule has 0 bridgehead atoms. The van der Waals surface area contributed by atoms with Crippen molar-refractivity contribution in [2.24, 2.45) is 7.05 Å². The zero-order valence-electron chi connectivity index (χ0n) is 11.7. The highest BCUT2D eigenvalue weighted by Gasteiger charge is 2.32. The molecule has 0 aliphatic carbocycles. The van der Waals surface area contributed by atoms with Crippen molar-refractivity contribution in [3.8, 4) is 0 Å². The molecule has 0 radical (unpaired) electrons. The number of imidazole rings is 1. The highest BCUT2D eigenvalue weighted by Crippen LogP contribution is 2.33. The summed E-state index contributed by atoms with van der Waals surface area (Å²) in [4.78, 5) is 6.39. The number of halogens is 2. The predicted molar refractivity (Wildman–Crippen MR) is 78.4 cm³/mol. The van der Waals surface area contributed by atoms with Crippen molar-refractivity contribution in [2.75, 3.05) is 6.54 Å². The van der Waals surface area contributed by atoms with E-state index in [0.717, 1.165) is 11.4 Å². The molecular weight excluding hydrogens is 293 g/mol. The number of benzene rings is 1. The summed E-state index contributed by atoms with van der Waals surface area (Å²) >= 11 is 6.00. The van der Waals surface area contributed by atoms with Crippen LogP contribution in [0.5, 0.6) is 0 Å². The molecular formula is C15H17ClFN3O. The summed E-state index contributed by atoms with van der Waals surface area (Å²) < 4.78 is 15.2. The van der Waals surface area contributed by atoms with Crippen molar-refractivity contribution < 1.29 is 9.50 Å². The van der Waals surface area contributed by atoms with Gasteiger partial charge in [-0.25, -0.2) is 9.37 Å². The molecule has 1 aromatic carbocycles. The molecule has 0 spiro atoms. The van der Waals surface area contributed by atoms with Crippen LogP contribution in [0.3, 0.4) is 0 Å². The van der Waals surface area contributed by atoms with Crippen molar-refractivity contribution in [3.63, 3.8) is 0 Å². The van der Waals surface area contributed by atoms with Crippen LogP contribution in [-0.4, -0.2) is 32.2 Å². The summed E-state index contributed by atoms with van der Waals surface area (Å²) in [5.74, 6) is 0.573. The van der Waals surface area contributed by atoms with Gasteiger partial charge in [0.25, 0.3) is 0 Å². The second-order valence-electron chi connectivity index (χ2n) is 5.45. The molecule has 112 valence electrons. The Morgan fingerprint density at radius 1 is 1.48 bits per heavy atom. The van der Waals surface area contributed by atoms with Crippen LogP contribution >= 0.6 is 11.6 Å². The van der Waals surface area contributed by atoms with Crippen LogP contribution in [0.2, 0.25) is 5.15 Å². The van der Waals surface area contributed by atoms with Crippen LogP contribution < -0.4 is 0 Å². The van der Waals surface area contributed by atoms with Gasteiger partial charge < -0.3 is 9.67 Å². The summed E-state index contributed by atoms with van der Waals surface area (Å²) in [6.07, 6.45) is 1.80. The van der Waals surface area contributed by atoms with E-state index >= 15 is 0 Å². The van der Waals surface area contributed by atoms with Gasteiger partial charge in [0.2, 0.25) is 0 Å². The highest BCUT2D eigenvalue weighted by molar-refractivity contribution is 6.29. The Morgan fingerprint density at radius 2 is 2.29 bits per heavy atom. The molecule has 2 atom stereocenters. The quantitative estimate of drug-likeness (QED) is 0.947. The number of rotatable bonds is 3. The van der Waals surface area contributed by atoms with E-state index in [1.807, 2.05) is 17.7 Å². The third-order valence-corrected chi connectivity index (χ3v) is 4.34. The summed E-state index contributed by atoms with van der Waals surface area (Å²) in [6, 6.07) is 6.54. The van der Waals surface area contributed by atoms with Crippen LogP contribution in [0.1, 0.15) is 23.9 Å². The van der Waals surface area contributed by atoms with Gasteiger partial charge in [-0.2, -0.15) is 0 Å². The minimum Gasteiger partial charge on any atom is -0.392 e. The fourth-order valence-electron chi connectivity index (χ4n) is 2.87. The molecule has 2 unspecified atom stereocenters. The number of aromatic nitrogens is 2. The zero-order chi connectivity index (χ0) is 15.0. The first-order valence-electron chi connectivity index (χ1n) is 6.88.